The molecule has 0 aliphatic carbocycles. The third-order valence-corrected chi connectivity index (χ3v) is 5.02. The van der Waals surface area contributed by atoms with E-state index in [-0.39, 0.29) is 23.6 Å². The number of phenols is 2. The normalized spacial score (nSPS) is 21.9. The summed E-state index contributed by atoms with van der Waals surface area (Å²) >= 11 is 0. The van der Waals surface area contributed by atoms with Gasteiger partial charge in [0.15, 0.2) is 0 Å². The lowest BCUT2D eigenvalue weighted by Gasteiger charge is -2.34. The number of rotatable bonds is 4. The number of nitrogens with one attached hydrogen (secondary N) is 2. The number of quaternary nitrogens is 2. The molecule has 1 heterocycles. The first kappa shape index (κ1) is 17.8. The molecule has 1 aliphatic rings. The summed E-state index contributed by atoms with van der Waals surface area (Å²) in [5.74, 6) is 0.333. The molecule has 1 saturated heterocycles. The highest BCUT2D eigenvalue weighted by Crippen LogP contribution is 2.17. The van der Waals surface area contributed by atoms with Crippen LogP contribution in [-0.4, -0.2) is 36.4 Å². The van der Waals surface area contributed by atoms with E-state index in [0.717, 1.165) is 47.1 Å². The van der Waals surface area contributed by atoms with E-state index in [4.69, 9.17) is 0 Å². The molecule has 0 bridgehead atoms. The molecule has 1 aliphatic heterocycles. The largest absolute Gasteiger partial charge is 0.508 e. The monoisotopic (exact) mass is 350 g/mol. The highest BCUT2D eigenvalue weighted by atomic mass is 16.3. The Bertz CT molecular complexity index is 776. The summed E-state index contributed by atoms with van der Waals surface area (Å²) in [6, 6.07) is 17.8. The van der Waals surface area contributed by atoms with E-state index < -0.39 is 0 Å². The fourth-order valence-electron chi connectivity index (χ4n) is 3.68. The van der Waals surface area contributed by atoms with Crippen LogP contribution in [0.2, 0.25) is 0 Å². The van der Waals surface area contributed by atoms with Crippen molar-refractivity contribution in [3.05, 3.63) is 59.7 Å². The summed E-state index contributed by atoms with van der Waals surface area (Å²) in [5, 5.41) is 38.6. The molecule has 26 heavy (non-hydrogen) atoms. The van der Waals surface area contributed by atoms with Gasteiger partial charge in [-0.15, -0.1) is 0 Å². The first-order chi connectivity index (χ1) is 12.6. The minimum Gasteiger partial charge on any atom is -0.508 e. The Morgan fingerprint density at radius 3 is 1.42 bits per heavy atom. The van der Waals surface area contributed by atoms with Crippen LogP contribution in [0.1, 0.15) is 23.2 Å². The number of aromatic hydroxyl groups is 2. The second kappa shape index (κ2) is 7.88. The van der Waals surface area contributed by atoms with Crippen molar-refractivity contribution < 1.29 is 20.0 Å². The second-order valence-electron chi connectivity index (χ2n) is 6.63. The van der Waals surface area contributed by atoms with Gasteiger partial charge in [-0.2, -0.15) is 10.5 Å². The Balaban J connectivity index is 1.70. The van der Waals surface area contributed by atoms with Gasteiger partial charge in [0.2, 0.25) is 12.1 Å². The summed E-state index contributed by atoms with van der Waals surface area (Å²) in [6.07, 6.45) is 0. The van der Waals surface area contributed by atoms with Crippen LogP contribution in [-0.2, 0) is 0 Å². The number of piperazine rings is 1. The smallest absolute Gasteiger partial charge is 0.201 e. The molecular weight excluding hydrogens is 328 g/mol. The van der Waals surface area contributed by atoms with Gasteiger partial charge in [-0.05, 0) is 24.3 Å². The fraction of sp³-hybridized carbons (Fsp3) is 0.300. The lowest BCUT2D eigenvalue weighted by atomic mass is 10.0. The summed E-state index contributed by atoms with van der Waals surface area (Å²) in [6.45, 7) is 3.06. The maximum absolute atomic E-state index is 9.67. The third kappa shape index (κ3) is 3.78. The number of benzene rings is 2. The molecule has 6 nitrogen and oxygen atoms in total. The van der Waals surface area contributed by atoms with E-state index in [1.807, 2.05) is 12.1 Å². The molecular formula is C20H22N4O2+2. The van der Waals surface area contributed by atoms with Gasteiger partial charge in [0, 0.05) is 11.1 Å². The Morgan fingerprint density at radius 1 is 0.731 bits per heavy atom. The molecule has 0 saturated carbocycles. The Hall–Kier alpha value is -3.06. The number of hydrogen-bond donors (Lipinski definition) is 4. The highest BCUT2D eigenvalue weighted by Gasteiger charge is 2.34. The summed E-state index contributed by atoms with van der Waals surface area (Å²) in [4.78, 5) is 2.30. The van der Waals surface area contributed by atoms with Crippen LogP contribution in [0.15, 0.2) is 48.5 Å². The molecule has 6 heteroatoms. The van der Waals surface area contributed by atoms with Crippen LogP contribution < -0.4 is 9.80 Å². The van der Waals surface area contributed by atoms with Crippen molar-refractivity contribution >= 4 is 0 Å². The maximum atomic E-state index is 9.67. The molecule has 1 fully saturated rings. The van der Waals surface area contributed by atoms with E-state index in [9.17, 15) is 20.7 Å². The van der Waals surface area contributed by atoms with Crippen molar-refractivity contribution in [1.29, 1.82) is 10.5 Å². The summed E-state index contributed by atoms with van der Waals surface area (Å²) in [5.41, 5.74) is 1.63. The molecule has 2 atom stereocenters. The van der Waals surface area contributed by atoms with Crippen LogP contribution in [0.4, 0.5) is 0 Å². The lowest BCUT2D eigenvalue weighted by Crippen LogP contribution is -3.28. The van der Waals surface area contributed by atoms with Crippen molar-refractivity contribution in [2.24, 2.45) is 0 Å². The SMILES string of the molecule is N#C[C@@H](c1cccc(O)c1)[NH+]1CC[NH+]([C@@H](C#N)c2cccc(O)c2)CC1. The van der Waals surface area contributed by atoms with Crippen LogP contribution in [0.5, 0.6) is 11.5 Å². The quantitative estimate of drug-likeness (QED) is 0.609. The molecule has 2 aromatic rings. The number of nitrogens with zero attached hydrogens (tertiary/aromatic N) is 2. The van der Waals surface area contributed by atoms with Gasteiger partial charge in [0.05, 0.1) is 0 Å². The Labute approximate surface area is 152 Å². The van der Waals surface area contributed by atoms with Crippen LogP contribution in [0.3, 0.4) is 0 Å². The molecule has 0 spiro atoms. The topological polar surface area (TPSA) is 96.9 Å². The number of nitriles is 2. The van der Waals surface area contributed by atoms with Gasteiger partial charge in [0.25, 0.3) is 0 Å². The first-order valence-electron chi connectivity index (χ1n) is 8.68. The van der Waals surface area contributed by atoms with E-state index in [1.165, 1.54) is 0 Å². The van der Waals surface area contributed by atoms with Crippen LogP contribution in [0, 0.1) is 22.7 Å². The van der Waals surface area contributed by atoms with Gasteiger partial charge in [0.1, 0.15) is 49.8 Å². The number of hydrogen-bond acceptors (Lipinski definition) is 4. The molecule has 0 aromatic heterocycles. The average molecular weight is 350 g/mol. The van der Waals surface area contributed by atoms with E-state index >= 15 is 0 Å². The minimum absolute atomic E-state index is 0.167. The van der Waals surface area contributed by atoms with Crippen LogP contribution in [0.25, 0.3) is 0 Å². The lowest BCUT2D eigenvalue weighted by molar-refractivity contribution is -1.03. The van der Waals surface area contributed by atoms with Gasteiger partial charge in [-0.3, -0.25) is 0 Å². The standard InChI is InChI=1S/C20H20N4O2/c21-13-19(15-3-1-5-17(25)11-15)23-7-9-24(10-8-23)20(14-22)16-4-2-6-18(26)12-16/h1-6,11-12,19-20,25-26H,7-10H2/p+2/t19-,20-/m0/s1. The first-order valence-corrected chi connectivity index (χ1v) is 8.68. The van der Waals surface area contributed by atoms with Crippen molar-refractivity contribution in [2.45, 2.75) is 12.1 Å². The van der Waals surface area contributed by atoms with Gasteiger partial charge >= 0.3 is 0 Å². The predicted molar refractivity (Wildman–Crippen MR) is 94.3 cm³/mol. The van der Waals surface area contributed by atoms with Gasteiger partial charge < -0.3 is 20.0 Å². The zero-order chi connectivity index (χ0) is 18.5. The van der Waals surface area contributed by atoms with E-state index in [0.29, 0.717) is 0 Å². The molecule has 4 N–H and O–H groups in total. The molecule has 0 radical (unpaired) electrons. The van der Waals surface area contributed by atoms with Crippen molar-refractivity contribution in [3.8, 4) is 23.6 Å². The predicted octanol–water partition coefficient (Wildman–Crippen LogP) is -0.289. The van der Waals surface area contributed by atoms with E-state index in [1.54, 1.807) is 36.4 Å². The zero-order valence-corrected chi connectivity index (χ0v) is 14.4. The Kier molecular flexibility index (Phi) is 5.38. The van der Waals surface area contributed by atoms with E-state index in [2.05, 4.69) is 12.1 Å². The van der Waals surface area contributed by atoms with Crippen molar-refractivity contribution in [2.75, 3.05) is 26.2 Å². The summed E-state index contributed by atoms with van der Waals surface area (Å²) in [7, 11) is 0. The molecule has 0 unspecified atom stereocenters. The highest BCUT2D eigenvalue weighted by molar-refractivity contribution is 5.31. The second-order valence-corrected chi connectivity index (χ2v) is 6.63. The van der Waals surface area contributed by atoms with Crippen molar-refractivity contribution in [3.63, 3.8) is 0 Å². The minimum atomic E-state index is -0.329. The van der Waals surface area contributed by atoms with Crippen molar-refractivity contribution in [1.82, 2.24) is 0 Å². The average Bonchev–Trinajstić information content (AvgIpc) is 2.64. The molecule has 2 aromatic carbocycles. The fourth-order valence-corrected chi connectivity index (χ4v) is 3.68. The maximum Gasteiger partial charge on any atom is 0.201 e. The zero-order valence-electron chi connectivity index (χ0n) is 14.4. The molecule has 3 rings (SSSR count). The van der Waals surface area contributed by atoms with Gasteiger partial charge in [-0.1, -0.05) is 24.3 Å². The Morgan fingerprint density at radius 2 is 1.12 bits per heavy atom. The third-order valence-electron chi connectivity index (χ3n) is 5.02. The molecule has 132 valence electrons. The molecule has 0 amide bonds. The van der Waals surface area contributed by atoms with Crippen LogP contribution >= 0.6 is 0 Å². The number of phenolic OH excluding ortho intramolecular Hbond substituents is 2. The van der Waals surface area contributed by atoms with Gasteiger partial charge in [-0.25, -0.2) is 0 Å². The summed E-state index contributed by atoms with van der Waals surface area (Å²) < 4.78 is 0.